The Bertz CT molecular complexity index is 530. The van der Waals surface area contributed by atoms with Gasteiger partial charge >= 0.3 is 0 Å². The molecule has 0 aromatic heterocycles. The molecule has 1 aliphatic rings. The molecule has 0 heteroatoms. The minimum absolute atomic E-state index is 0.758. The fourth-order valence-electron chi connectivity index (χ4n) is 3.70. The van der Waals surface area contributed by atoms with E-state index in [1.54, 1.807) is 0 Å². The first-order chi connectivity index (χ1) is 11.8. The van der Waals surface area contributed by atoms with Gasteiger partial charge in [-0.1, -0.05) is 76.0 Å². The first-order valence-corrected chi connectivity index (χ1v) is 10.1. The predicted molar refractivity (Wildman–Crippen MR) is 106 cm³/mol. The molecule has 24 heavy (non-hydrogen) atoms. The van der Waals surface area contributed by atoms with Gasteiger partial charge in [0.05, 0.1) is 0 Å². The van der Waals surface area contributed by atoms with Crippen molar-refractivity contribution in [3.05, 3.63) is 47.5 Å². The van der Waals surface area contributed by atoms with Crippen LogP contribution in [0.5, 0.6) is 0 Å². The summed E-state index contributed by atoms with van der Waals surface area (Å²) in [5.74, 6) is 8.24. The van der Waals surface area contributed by atoms with Crippen LogP contribution in [0.15, 0.2) is 36.4 Å². The summed E-state index contributed by atoms with van der Waals surface area (Å²) in [6.07, 6.45) is 18.0. The summed E-state index contributed by atoms with van der Waals surface area (Å²) >= 11 is 0. The largest absolute Gasteiger partial charge is 0.0730 e. The molecule has 0 heterocycles. The molecule has 1 fully saturated rings. The van der Waals surface area contributed by atoms with Crippen molar-refractivity contribution in [2.45, 2.75) is 78.1 Å². The Hall–Kier alpha value is -1.48. The number of unbranched alkanes of at least 4 members (excludes halogenated alkanes) is 2. The van der Waals surface area contributed by atoms with E-state index >= 15 is 0 Å². The molecule has 0 N–H and O–H groups in total. The van der Waals surface area contributed by atoms with Gasteiger partial charge in [-0.3, -0.25) is 0 Å². The van der Waals surface area contributed by atoms with E-state index in [9.17, 15) is 0 Å². The summed E-state index contributed by atoms with van der Waals surface area (Å²) < 4.78 is 0. The van der Waals surface area contributed by atoms with E-state index in [0.717, 1.165) is 23.8 Å². The molecule has 0 bridgehead atoms. The molecule has 1 aliphatic carbocycles. The first-order valence-electron chi connectivity index (χ1n) is 10.1. The van der Waals surface area contributed by atoms with E-state index in [4.69, 9.17) is 0 Å². The zero-order valence-corrected chi connectivity index (χ0v) is 15.7. The second kappa shape index (κ2) is 11.1. The van der Waals surface area contributed by atoms with Crippen molar-refractivity contribution in [3.8, 4) is 11.8 Å². The highest BCUT2D eigenvalue weighted by Crippen LogP contribution is 2.32. The van der Waals surface area contributed by atoms with Crippen LogP contribution in [0.4, 0.5) is 0 Å². The van der Waals surface area contributed by atoms with E-state index in [2.05, 4.69) is 62.1 Å². The third-order valence-electron chi connectivity index (χ3n) is 5.27. The molecular weight excluding hydrogens is 288 g/mol. The van der Waals surface area contributed by atoms with Crippen LogP contribution in [-0.4, -0.2) is 0 Å². The molecule has 0 amide bonds. The quantitative estimate of drug-likeness (QED) is 0.377. The molecule has 1 saturated carbocycles. The van der Waals surface area contributed by atoms with Crippen molar-refractivity contribution in [1.29, 1.82) is 0 Å². The zero-order chi connectivity index (χ0) is 17.0. The molecule has 0 unspecified atom stereocenters. The SMILES string of the molecule is CCCCC[C@H]1CC[C@H](C=CC#Cc2ccc(CCC)cc2)CC1. The molecule has 1 aromatic rings. The second-order valence-electron chi connectivity index (χ2n) is 7.35. The molecular formula is C24H34. The fourth-order valence-corrected chi connectivity index (χ4v) is 3.70. The van der Waals surface area contributed by atoms with Crippen molar-refractivity contribution in [2.24, 2.45) is 11.8 Å². The van der Waals surface area contributed by atoms with Crippen molar-refractivity contribution in [1.82, 2.24) is 0 Å². The summed E-state index contributed by atoms with van der Waals surface area (Å²) in [6.45, 7) is 4.51. The van der Waals surface area contributed by atoms with Crippen molar-refractivity contribution in [2.75, 3.05) is 0 Å². The van der Waals surface area contributed by atoms with Gasteiger partial charge in [-0.05, 0) is 67.7 Å². The Labute approximate surface area is 149 Å². The third kappa shape index (κ3) is 6.96. The lowest BCUT2D eigenvalue weighted by Gasteiger charge is -2.26. The molecule has 2 rings (SSSR count). The van der Waals surface area contributed by atoms with Crippen molar-refractivity contribution < 1.29 is 0 Å². The standard InChI is InChI=1S/C24H34/c1-3-5-6-10-22-17-19-24(20-18-22)12-8-7-11-23-15-13-21(9-4-2)14-16-23/h8,12-16,22,24H,3-6,9-10,17-20H2,1-2H3/t22-,24-. The Morgan fingerprint density at radius 3 is 2.38 bits per heavy atom. The number of aryl methyl sites for hydroxylation is 1. The number of allylic oxidation sites excluding steroid dienone is 2. The van der Waals surface area contributed by atoms with E-state index in [-0.39, 0.29) is 0 Å². The van der Waals surface area contributed by atoms with E-state index in [1.807, 2.05) is 0 Å². The van der Waals surface area contributed by atoms with Crippen molar-refractivity contribution >= 4 is 0 Å². The van der Waals surface area contributed by atoms with Gasteiger partial charge in [0, 0.05) is 5.56 Å². The lowest BCUT2D eigenvalue weighted by Crippen LogP contribution is -2.12. The number of hydrogen-bond donors (Lipinski definition) is 0. The summed E-state index contributed by atoms with van der Waals surface area (Å²) in [5, 5.41) is 0. The Balaban J connectivity index is 1.71. The lowest BCUT2D eigenvalue weighted by molar-refractivity contribution is 0.289. The second-order valence-corrected chi connectivity index (χ2v) is 7.35. The maximum atomic E-state index is 3.26. The number of hydrogen-bond acceptors (Lipinski definition) is 0. The minimum Gasteiger partial charge on any atom is -0.0730 e. The van der Waals surface area contributed by atoms with Gasteiger partial charge in [0.2, 0.25) is 0 Å². The summed E-state index contributed by atoms with van der Waals surface area (Å²) in [4.78, 5) is 0. The zero-order valence-electron chi connectivity index (χ0n) is 15.7. The van der Waals surface area contributed by atoms with E-state index in [1.165, 1.54) is 63.4 Å². The average Bonchev–Trinajstić information content (AvgIpc) is 2.62. The highest BCUT2D eigenvalue weighted by atomic mass is 14.2. The van der Waals surface area contributed by atoms with Crippen LogP contribution in [-0.2, 0) is 6.42 Å². The van der Waals surface area contributed by atoms with Gasteiger partial charge in [-0.25, -0.2) is 0 Å². The fraction of sp³-hybridized carbons (Fsp3) is 0.583. The number of benzene rings is 1. The third-order valence-corrected chi connectivity index (χ3v) is 5.27. The van der Waals surface area contributed by atoms with E-state index < -0.39 is 0 Å². The van der Waals surface area contributed by atoms with Gasteiger partial charge in [0.25, 0.3) is 0 Å². The topological polar surface area (TPSA) is 0 Å². The van der Waals surface area contributed by atoms with Gasteiger partial charge < -0.3 is 0 Å². The van der Waals surface area contributed by atoms with Gasteiger partial charge in [0.15, 0.2) is 0 Å². The van der Waals surface area contributed by atoms with E-state index in [0.29, 0.717) is 0 Å². The highest BCUT2D eigenvalue weighted by Gasteiger charge is 2.18. The van der Waals surface area contributed by atoms with Crippen LogP contribution in [0, 0.1) is 23.7 Å². The summed E-state index contributed by atoms with van der Waals surface area (Å²) in [5.41, 5.74) is 2.54. The molecule has 0 nitrogen and oxygen atoms in total. The van der Waals surface area contributed by atoms with Crippen LogP contribution in [0.1, 0.15) is 82.8 Å². The van der Waals surface area contributed by atoms with Gasteiger partial charge in [-0.15, -0.1) is 0 Å². The molecule has 0 spiro atoms. The average molecular weight is 323 g/mol. The van der Waals surface area contributed by atoms with Crippen molar-refractivity contribution in [3.63, 3.8) is 0 Å². The Morgan fingerprint density at radius 1 is 0.958 bits per heavy atom. The maximum absolute atomic E-state index is 3.26. The molecule has 0 aliphatic heterocycles. The smallest absolute Gasteiger partial charge is 0.0249 e. The Morgan fingerprint density at radius 2 is 1.71 bits per heavy atom. The van der Waals surface area contributed by atoms with Crippen LogP contribution in [0.2, 0.25) is 0 Å². The molecule has 130 valence electrons. The molecule has 0 atom stereocenters. The minimum atomic E-state index is 0.758. The highest BCUT2D eigenvalue weighted by molar-refractivity contribution is 5.38. The number of rotatable bonds is 7. The molecule has 1 aromatic carbocycles. The normalized spacial score (nSPS) is 20.8. The van der Waals surface area contributed by atoms with Crippen LogP contribution >= 0.6 is 0 Å². The molecule has 0 saturated heterocycles. The summed E-state index contributed by atoms with van der Waals surface area (Å²) in [7, 11) is 0. The van der Waals surface area contributed by atoms with Gasteiger partial charge in [0.1, 0.15) is 0 Å². The monoisotopic (exact) mass is 322 g/mol. The van der Waals surface area contributed by atoms with Crippen LogP contribution < -0.4 is 0 Å². The Kier molecular flexibility index (Phi) is 8.75. The lowest BCUT2D eigenvalue weighted by atomic mass is 9.79. The maximum Gasteiger partial charge on any atom is 0.0249 e. The predicted octanol–water partition coefficient (Wildman–Crippen LogP) is 6.93. The molecule has 0 radical (unpaired) electrons. The first kappa shape index (κ1) is 18.9. The summed E-state index contributed by atoms with van der Waals surface area (Å²) in [6, 6.07) is 8.70. The van der Waals surface area contributed by atoms with Crippen LogP contribution in [0.3, 0.4) is 0 Å². The van der Waals surface area contributed by atoms with Crippen LogP contribution in [0.25, 0.3) is 0 Å². The van der Waals surface area contributed by atoms with Gasteiger partial charge in [-0.2, -0.15) is 0 Å².